The fraction of sp³-hybridized carbons (Fsp3) is 0. The zero-order valence-corrected chi connectivity index (χ0v) is 12.0. The van der Waals surface area contributed by atoms with Gasteiger partial charge in [-0.25, -0.2) is 24.0 Å². The summed E-state index contributed by atoms with van der Waals surface area (Å²) in [5, 5.41) is 44.9. The van der Waals surface area contributed by atoms with Crippen molar-refractivity contribution in [2.75, 3.05) is 0 Å². The number of rotatable bonds is 5. The average molecular weight is 348 g/mol. The van der Waals surface area contributed by atoms with E-state index in [1.165, 1.54) is 0 Å². The topological polar surface area (TPSA) is 186 Å². The van der Waals surface area contributed by atoms with E-state index in [0.717, 1.165) is 0 Å². The molecule has 0 spiro atoms. The zero-order chi connectivity index (χ0) is 19.0. The van der Waals surface area contributed by atoms with Crippen LogP contribution in [0.25, 0.3) is 10.8 Å². The Morgan fingerprint density at radius 1 is 0.480 bits per heavy atom. The third-order valence-corrected chi connectivity index (χ3v) is 3.41. The highest BCUT2D eigenvalue weighted by atomic mass is 16.4. The molecule has 0 saturated heterocycles. The Hall–Kier alpha value is -3.95. The fourth-order valence-electron chi connectivity index (χ4n) is 2.40. The van der Waals surface area contributed by atoms with E-state index in [0.29, 0.717) is 18.2 Å². The molecule has 5 N–H and O–H groups in total. The highest BCUT2D eigenvalue weighted by molar-refractivity contribution is 6.19. The van der Waals surface area contributed by atoms with Crippen LogP contribution in [0.1, 0.15) is 51.8 Å². The average Bonchev–Trinajstić information content (AvgIpc) is 2.50. The lowest BCUT2D eigenvalue weighted by molar-refractivity contribution is 0.0649. The van der Waals surface area contributed by atoms with Crippen LogP contribution in [-0.2, 0) is 0 Å². The zero-order valence-electron chi connectivity index (χ0n) is 12.0. The lowest BCUT2D eigenvalue weighted by Gasteiger charge is -2.12. The number of carboxylic acids is 5. The van der Waals surface area contributed by atoms with Crippen molar-refractivity contribution in [1.82, 2.24) is 0 Å². The van der Waals surface area contributed by atoms with Gasteiger partial charge in [0.15, 0.2) is 0 Å². The van der Waals surface area contributed by atoms with Crippen LogP contribution in [0.5, 0.6) is 0 Å². The quantitative estimate of drug-likeness (QED) is 0.527. The molecule has 0 saturated carbocycles. The summed E-state index contributed by atoms with van der Waals surface area (Å²) in [6.45, 7) is 0. The minimum atomic E-state index is -1.74. The predicted octanol–water partition coefficient (Wildman–Crippen LogP) is 1.33. The molecule has 0 aliphatic carbocycles. The van der Waals surface area contributed by atoms with Crippen molar-refractivity contribution < 1.29 is 49.5 Å². The summed E-state index contributed by atoms with van der Waals surface area (Å²) < 4.78 is 0. The number of carboxylic acid groups (broad SMARTS) is 5. The monoisotopic (exact) mass is 348 g/mol. The van der Waals surface area contributed by atoms with E-state index >= 15 is 0 Å². The Balaban J connectivity index is 3.18. The first kappa shape index (κ1) is 17.4. The molecule has 25 heavy (non-hydrogen) atoms. The Morgan fingerprint density at radius 2 is 0.880 bits per heavy atom. The van der Waals surface area contributed by atoms with Crippen molar-refractivity contribution in [3.63, 3.8) is 0 Å². The molecule has 0 aliphatic heterocycles. The van der Waals surface area contributed by atoms with E-state index in [-0.39, 0.29) is 0 Å². The molecule has 0 amide bonds. The first-order chi connectivity index (χ1) is 11.6. The van der Waals surface area contributed by atoms with Crippen molar-refractivity contribution in [3.05, 3.63) is 46.0 Å². The standard InChI is InChI=1S/C15H8O10/c16-11(17)6-3-9(14(22)23)10(15(24)25)5-2-8(13(20)21)7(12(18)19)1-4(5)6/h1-3H,(H,16,17)(H,18,19)(H,20,21)(H,22,23)(H,24,25). The molecule has 0 atom stereocenters. The van der Waals surface area contributed by atoms with Crippen molar-refractivity contribution in [3.8, 4) is 0 Å². The molecular formula is C15H8O10. The number of fused-ring (bicyclic) bond motifs is 1. The molecule has 0 unspecified atom stereocenters. The van der Waals surface area contributed by atoms with E-state index in [1.54, 1.807) is 0 Å². The number of hydrogen-bond donors (Lipinski definition) is 5. The van der Waals surface area contributed by atoms with Gasteiger partial charge in [0.05, 0.1) is 27.8 Å². The van der Waals surface area contributed by atoms with Gasteiger partial charge in [-0.15, -0.1) is 0 Å². The summed E-state index contributed by atoms with van der Waals surface area (Å²) in [5.74, 6) is -8.48. The molecule has 10 heteroatoms. The van der Waals surface area contributed by atoms with Crippen LogP contribution in [0.15, 0.2) is 18.2 Å². The van der Waals surface area contributed by atoms with Crippen LogP contribution >= 0.6 is 0 Å². The van der Waals surface area contributed by atoms with E-state index < -0.39 is 68.4 Å². The van der Waals surface area contributed by atoms with Gasteiger partial charge in [0.25, 0.3) is 0 Å². The number of aromatic carboxylic acids is 5. The van der Waals surface area contributed by atoms with Gasteiger partial charge in [-0.2, -0.15) is 0 Å². The Bertz CT molecular complexity index is 986. The second-order valence-electron chi connectivity index (χ2n) is 4.82. The Labute approximate surface area is 137 Å². The summed E-state index contributed by atoms with van der Waals surface area (Å²) in [6.07, 6.45) is 0. The molecule has 10 nitrogen and oxygen atoms in total. The van der Waals surface area contributed by atoms with Gasteiger partial charge in [0.2, 0.25) is 0 Å². The molecule has 0 radical (unpaired) electrons. The highest BCUT2D eigenvalue weighted by Crippen LogP contribution is 2.30. The maximum atomic E-state index is 11.4. The third-order valence-electron chi connectivity index (χ3n) is 3.41. The molecule has 0 aliphatic rings. The summed E-state index contributed by atoms with van der Waals surface area (Å²) in [5.41, 5.74) is -3.94. The third kappa shape index (κ3) is 2.83. The molecule has 0 bridgehead atoms. The molecule has 2 rings (SSSR count). The largest absolute Gasteiger partial charge is 0.478 e. The summed E-state index contributed by atoms with van der Waals surface area (Å²) in [7, 11) is 0. The van der Waals surface area contributed by atoms with Crippen molar-refractivity contribution in [2.45, 2.75) is 0 Å². The van der Waals surface area contributed by atoms with Crippen LogP contribution in [0.3, 0.4) is 0 Å². The van der Waals surface area contributed by atoms with Crippen LogP contribution in [-0.4, -0.2) is 55.4 Å². The maximum Gasteiger partial charge on any atom is 0.337 e. The van der Waals surface area contributed by atoms with Crippen LogP contribution < -0.4 is 0 Å². The minimum Gasteiger partial charge on any atom is -0.478 e. The van der Waals surface area contributed by atoms with Gasteiger partial charge in [-0.1, -0.05) is 0 Å². The molecule has 2 aromatic carbocycles. The second-order valence-corrected chi connectivity index (χ2v) is 4.82. The van der Waals surface area contributed by atoms with Crippen molar-refractivity contribution >= 4 is 40.6 Å². The van der Waals surface area contributed by atoms with E-state index in [2.05, 4.69) is 0 Å². The van der Waals surface area contributed by atoms with E-state index in [4.69, 9.17) is 15.3 Å². The minimum absolute atomic E-state index is 0.405. The second kappa shape index (κ2) is 5.92. The number of benzene rings is 2. The van der Waals surface area contributed by atoms with E-state index in [9.17, 15) is 34.2 Å². The van der Waals surface area contributed by atoms with Gasteiger partial charge < -0.3 is 25.5 Å². The molecule has 0 heterocycles. The normalized spacial score (nSPS) is 10.4. The predicted molar refractivity (Wildman–Crippen MR) is 78.7 cm³/mol. The molecule has 0 aromatic heterocycles. The summed E-state index contributed by atoms with van der Waals surface area (Å²) >= 11 is 0. The number of hydrogen-bond acceptors (Lipinski definition) is 5. The van der Waals surface area contributed by atoms with Gasteiger partial charge in [-0.05, 0) is 29.0 Å². The lowest BCUT2D eigenvalue weighted by atomic mass is 9.91. The summed E-state index contributed by atoms with van der Waals surface area (Å²) in [6, 6.07) is 1.93. The Kier molecular flexibility index (Phi) is 4.12. The first-order valence-corrected chi connectivity index (χ1v) is 6.37. The fourth-order valence-corrected chi connectivity index (χ4v) is 2.40. The Morgan fingerprint density at radius 3 is 1.24 bits per heavy atom. The van der Waals surface area contributed by atoms with Gasteiger partial charge in [0, 0.05) is 0 Å². The number of carbonyl (C=O) groups is 5. The van der Waals surface area contributed by atoms with Gasteiger partial charge in [-0.3, -0.25) is 0 Å². The lowest BCUT2D eigenvalue weighted by Crippen LogP contribution is -2.14. The molecule has 2 aromatic rings. The van der Waals surface area contributed by atoms with Gasteiger partial charge in [0.1, 0.15) is 0 Å². The van der Waals surface area contributed by atoms with Crippen LogP contribution in [0, 0.1) is 0 Å². The van der Waals surface area contributed by atoms with Gasteiger partial charge >= 0.3 is 29.8 Å². The molecule has 0 fully saturated rings. The molecular weight excluding hydrogens is 340 g/mol. The first-order valence-electron chi connectivity index (χ1n) is 6.37. The highest BCUT2D eigenvalue weighted by Gasteiger charge is 2.27. The van der Waals surface area contributed by atoms with Crippen LogP contribution in [0.2, 0.25) is 0 Å². The van der Waals surface area contributed by atoms with E-state index in [1.807, 2.05) is 0 Å². The van der Waals surface area contributed by atoms with Crippen molar-refractivity contribution in [1.29, 1.82) is 0 Å². The molecule has 128 valence electrons. The van der Waals surface area contributed by atoms with Crippen LogP contribution in [0.4, 0.5) is 0 Å². The summed E-state index contributed by atoms with van der Waals surface area (Å²) in [4.78, 5) is 56.6. The van der Waals surface area contributed by atoms with Crippen molar-refractivity contribution in [2.24, 2.45) is 0 Å². The maximum absolute atomic E-state index is 11.4. The smallest absolute Gasteiger partial charge is 0.337 e. The SMILES string of the molecule is O=C(O)c1cc2c(C(=O)O)cc(C(=O)O)c(C(=O)O)c2cc1C(=O)O.